The van der Waals surface area contributed by atoms with Crippen LogP contribution in [0, 0.1) is 6.92 Å². The van der Waals surface area contributed by atoms with E-state index in [1.165, 1.54) is 23.1 Å². The molecule has 18 heavy (non-hydrogen) atoms. The van der Waals surface area contributed by atoms with Gasteiger partial charge in [0.15, 0.2) is 0 Å². The first kappa shape index (κ1) is 15.0. The predicted octanol–water partition coefficient (Wildman–Crippen LogP) is 1.46. The van der Waals surface area contributed by atoms with E-state index in [1.807, 2.05) is 6.92 Å². The zero-order chi connectivity index (χ0) is 13.5. The van der Waals surface area contributed by atoms with Gasteiger partial charge in [-0.1, -0.05) is 0 Å². The first-order valence-electron chi connectivity index (χ1n) is 5.42. The number of thioether (sulfide) groups is 1. The van der Waals surface area contributed by atoms with E-state index in [0.717, 1.165) is 10.4 Å². The number of nitrogens with two attached hydrogens (primary N) is 1. The number of aryl methyl sites for hydroxylation is 1. The number of hydrogen-bond donors (Lipinski definition) is 2. The van der Waals surface area contributed by atoms with Gasteiger partial charge in [0.05, 0.1) is 17.2 Å². The van der Waals surface area contributed by atoms with Gasteiger partial charge in [0.1, 0.15) is 0 Å². The summed E-state index contributed by atoms with van der Waals surface area (Å²) in [5.74, 6) is 5.58. The minimum atomic E-state index is -0.287. The van der Waals surface area contributed by atoms with Gasteiger partial charge >= 0.3 is 5.97 Å². The van der Waals surface area contributed by atoms with Gasteiger partial charge < -0.3 is 4.74 Å². The molecule has 0 aromatic carbocycles. The summed E-state index contributed by atoms with van der Waals surface area (Å²) in [5, 5.41) is 0. The number of rotatable bonds is 6. The minimum Gasteiger partial charge on any atom is -0.465 e. The van der Waals surface area contributed by atoms with Crippen molar-refractivity contribution in [2.75, 3.05) is 12.4 Å². The molecule has 0 fully saturated rings. The Morgan fingerprint density at radius 2 is 2.28 bits per heavy atom. The highest BCUT2D eigenvalue weighted by Gasteiger charge is 2.12. The summed E-state index contributed by atoms with van der Waals surface area (Å²) in [6.07, 6.45) is 0. The van der Waals surface area contributed by atoms with Gasteiger partial charge in [-0.2, -0.15) is 0 Å². The molecule has 1 aromatic rings. The summed E-state index contributed by atoms with van der Waals surface area (Å²) in [6.45, 7) is 4.12. The van der Waals surface area contributed by atoms with Gasteiger partial charge in [-0.25, -0.2) is 5.84 Å². The number of hydrazine groups is 1. The van der Waals surface area contributed by atoms with Crippen molar-refractivity contribution in [3.63, 3.8) is 0 Å². The number of ether oxygens (including phenoxy) is 1. The molecular weight excluding hydrogens is 272 g/mol. The highest BCUT2D eigenvalue weighted by molar-refractivity contribution is 7.99. The molecule has 1 aromatic heterocycles. The number of carbonyl (C=O) groups is 2. The van der Waals surface area contributed by atoms with Crippen LogP contribution in [0.4, 0.5) is 0 Å². The summed E-state index contributed by atoms with van der Waals surface area (Å²) in [4.78, 5) is 24.1. The van der Waals surface area contributed by atoms with E-state index in [2.05, 4.69) is 5.43 Å². The van der Waals surface area contributed by atoms with E-state index in [4.69, 9.17) is 10.6 Å². The Hall–Kier alpha value is -1.05. The first-order chi connectivity index (χ1) is 8.58. The van der Waals surface area contributed by atoms with E-state index in [9.17, 15) is 9.59 Å². The second kappa shape index (κ2) is 7.40. The largest absolute Gasteiger partial charge is 0.465 e. The molecule has 3 N–H and O–H groups in total. The van der Waals surface area contributed by atoms with Crippen molar-refractivity contribution in [3.05, 3.63) is 21.4 Å². The number of nitrogen functional groups attached to an aromatic ring is 1. The Morgan fingerprint density at radius 3 is 2.89 bits per heavy atom. The van der Waals surface area contributed by atoms with E-state index < -0.39 is 0 Å². The van der Waals surface area contributed by atoms with Gasteiger partial charge in [-0.05, 0) is 25.5 Å². The Balaban J connectivity index is 2.50. The monoisotopic (exact) mass is 288 g/mol. The highest BCUT2D eigenvalue weighted by Crippen LogP contribution is 2.25. The standard InChI is InChI=1S/C11H16N2O3S2/c1-3-16-10(14)6-17-5-8-4-9(11(15)13-12)18-7(8)2/h4H,3,5-6,12H2,1-2H3,(H,13,15). The molecule has 0 saturated heterocycles. The van der Waals surface area contributed by atoms with E-state index in [0.29, 0.717) is 23.0 Å². The quantitative estimate of drug-likeness (QED) is 0.358. The maximum absolute atomic E-state index is 11.3. The smallest absolute Gasteiger partial charge is 0.315 e. The topological polar surface area (TPSA) is 81.4 Å². The lowest BCUT2D eigenvalue weighted by molar-refractivity contribution is -0.139. The van der Waals surface area contributed by atoms with Crippen LogP contribution in [0.5, 0.6) is 0 Å². The van der Waals surface area contributed by atoms with E-state index in [1.54, 1.807) is 13.0 Å². The predicted molar refractivity (Wildman–Crippen MR) is 73.5 cm³/mol. The van der Waals surface area contributed by atoms with Crippen LogP contribution in [0.2, 0.25) is 0 Å². The Kier molecular flexibility index (Phi) is 6.17. The molecule has 0 saturated carbocycles. The number of hydrogen-bond acceptors (Lipinski definition) is 6. The molecule has 7 heteroatoms. The zero-order valence-corrected chi connectivity index (χ0v) is 12.0. The molecule has 1 heterocycles. The number of amides is 1. The molecular formula is C11H16N2O3S2. The van der Waals surface area contributed by atoms with Crippen molar-refractivity contribution < 1.29 is 14.3 Å². The fourth-order valence-electron chi connectivity index (χ4n) is 1.29. The lowest BCUT2D eigenvalue weighted by atomic mass is 10.3. The summed E-state index contributed by atoms with van der Waals surface area (Å²) < 4.78 is 4.83. The maximum Gasteiger partial charge on any atom is 0.315 e. The van der Waals surface area contributed by atoms with Crippen LogP contribution in [0.25, 0.3) is 0 Å². The summed E-state index contributed by atoms with van der Waals surface area (Å²) in [5.41, 5.74) is 3.15. The third-order valence-corrected chi connectivity index (χ3v) is 4.20. The van der Waals surface area contributed by atoms with Gasteiger partial charge in [-0.3, -0.25) is 15.0 Å². The second-order valence-electron chi connectivity index (χ2n) is 3.46. The van der Waals surface area contributed by atoms with Crippen LogP contribution in [-0.2, 0) is 15.3 Å². The average Bonchev–Trinajstić information content (AvgIpc) is 2.70. The molecule has 1 rings (SSSR count). The number of thiophene rings is 1. The molecule has 0 aliphatic heterocycles. The molecule has 0 aliphatic rings. The van der Waals surface area contributed by atoms with Crippen molar-refractivity contribution in [2.24, 2.45) is 5.84 Å². The molecule has 0 radical (unpaired) electrons. The van der Waals surface area contributed by atoms with E-state index >= 15 is 0 Å². The minimum absolute atomic E-state index is 0.213. The van der Waals surface area contributed by atoms with Gasteiger partial charge in [0.25, 0.3) is 5.91 Å². The van der Waals surface area contributed by atoms with E-state index in [-0.39, 0.29) is 11.9 Å². The van der Waals surface area contributed by atoms with Crippen LogP contribution in [0.1, 0.15) is 27.0 Å². The summed E-state index contributed by atoms with van der Waals surface area (Å²) >= 11 is 2.86. The van der Waals surface area contributed by atoms with Crippen molar-refractivity contribution in [3.8, 4) is 0 Å². The van der Waals surface area contributed by atoms with Crippen molar-refractivity contribution >= 4 is 35.0 Å². The maximum atomic E-state index is 11.3. The molecule has 0 bridgehead atoms. The molecule has 0 aliphatic carbocycles. The number of nitrogens with one attached hydrogen (secondary N) is 1. The second-order valence-corrected chi connectivity index (χ2v) is 5.71. The first-order valence-corrected chi connectivity index (χ1v) is 7.39. The number of carbonyl (C=O) groups excluding carboxylic acids is 2. The summed E-state index contributed by atoms with van der Waals surface area (Å²) in [7, 11) is 0. The lowest BCUT2D eigenvalue weighted by Gasteiger charge is -2.01. The number of esters is 1. The Bertz CT molecular complexity index is 432. The van der Waals surface area contributed by atoms with Crippen LogP contribution in [0.15, 0.2) is 6.07 Å². The van der Waals surface area contributed by atoms with Gasteiger partial charge in [0, 0.05) is 10.6 Å². The van der Waals surface area contributed by atoms with Crippen molar-refractivity contribution in [1.82, 2.24) is 5.43 Å². The summed E-state index contributed by atoms with van der Waals surface area (Å²) in [6, 6.07) is 1.81. The lowest BCUT2D eigenvalue weighted by Crippen LogP contribution is -2.29. The SMILES string of the molecule is CCOC(=O)CSCc1cc(C(=O)NN)sc1C. The average molecular weight is 288 g/mol. The zero-order valence-electron chi connectivity index (χ0n) is 10.3. The third kappa shape index (κ3) is 4.32. The fourth-order valence-corrected chi connectivity index (χ4v) is 3.20. The molecule has 1 amide bonds. The molecule has 100 valence electrons. The van der Waals surface area contributed by atoms with Crippen LogP contribution in [0.3, 0.4) is 0 Å². The van der Waals surface area contributed by atoms with Gasteiger partial charge in [-0.15, -0.1) is 23.1 Å². The van der Waals surface area contributed by atoms with Gasteiger partial charge in [0.2, 0.25) is 0 Å². The van der Waals surface area contributed by atoms with Crippen LogP contribution < -0.4 is 11.3 Å². The molecule has 0 atom stereocenters. The fraction of sp³-hybridized carbons (Fsp3) is 0.455. The normalized spacial score (nSPS) is 10.2. The van der Waals surface area contributed by atoms with Crippen LogP contribution >= 0.6 is 23.1 Å². The molecule has 5 nitrogen and oxygen atoms in total. The Labute approximate surface area is 114 Å². The highest BCUT2D eigenvalue weighted by atomic mass is 32.2. The Morgan fingerprint density at radius 1 is 1.56 bits per heavy atom. The van der Waals surface area contributed by atoms with Crippen molar-refractivity contribution in [2.45, 2.75) is 19.6 Å². The van der Waals surface area contributed by atoms with Crippen molar-refractivity contribution in [1.29, 1.82) is 0 Å². The molecule has 0 unspecified atom stereocenters. The molecule has 0 spiro atoms. The third-order valence-electron chi connectivity index (χ3n) is 2.16. The van der Waals surface area contributed by atoms with Crippen LogP contribution in [-0.4, -0.2) is 24.2 Å².